The number of methoxy groups -OCH3 is 1. The molecule has 0 aliphatic carbocycles. The third-order valence-corrected chi connectivity index (χ3v) is 3.80. The Kier molecular flexibility index (Phi) is 11.4. The van der Waals surface area contributed by atoms with Crippen LogP contribution in [0.4, 0.5) is 0 Å². The summed E-state index contributed by atoms with van der Waals surface area (Å²) in [5, 5.41) is 0. The van der Waals surface area contributed by atoms with E-state index in [-0.39, 0.29) is 0 Å². The van der Waals surface area contributed by atoms with Crippen LogP contribution in [0.25, 0.3) is 22.4 Å². The molecule has 0 fully saturated rings. The number of fused-ring (bicyclic) bond motifs is 1. The molecule has 0 atom stereocenters. The minimum Gasteiger partial charge on any atom is -0.497 e. The second-order valence-corrected chi connectivity index (χ2v) is 5.41. The van der Waals surface area contributed by atoms with Gasteiger partial charge in [0.05, 0.1) is 18.1 Å². The monoisotopic (exact) mass is 406 g/mol. The van der Waals surface area contributed by atoms with E-state index in [0.29, 0.717) is 0 Å². The topological polar surface area (TPSA) is 47.1 Å². The maximum atomic E-state index is 5.90. The summed E-state index contributed by atoms with van der Waals surface area (Å²) in [6.07, 6.45) is 0. The number of aromatic nitrogens is 2. The predicted molar refractivity (Wildman–Crippen MR) is 129 cm³/mol. The van der Waals surface area contributed by atoms with Gasteiger partial charge in [-0.2, -0.15) is 0 Å². The molecule has 0 saturated carbocycles. The Morgan fingerprint density at radius 3 is 1.83 bits per heavy atom. The standard InChI is InChI=1S/C20H16N2O2.3C2H6/c1-23-15-7-9-16(10-8-15)24-17-11-12-18-19(13-17)22-20(21-18)14-5-3-2-4-6-14;3*1-2/h2-13H,1H3,(H,21,22);3*1-2H3. The lowest BCUT2D eigenvalue weighted by atomic mass is 10.2. The molecule has 0 radical (unpaired) electrons. The predicted octanol–water partition coefficient (Wildman–Crippen LogP) is 8.11. The van der Waals surface area contributed by atoms with E-state index < -0.39 is 0 Å². The number of H-pyrrole nitrogens is 1. The van der Waals surface area contributed by atoms with Gasteiger partial charge in [-0.05, 0) is 36.4 Å². The van der Waals surface area contributed by atoms with E-state index in [1.54, 1.807) is 7.11 Å². The van der Waals surface area contributed by atoms with E-state index in [4.69, 9.17) is 9.47 Å². The van der Waals surface area contributed by atoms with Crippen molar-refractivity contribution in [2.45, 2.75) is 41.5 Å². The van der Waals surface area contributed by atoms with Crippen LogP contribution in [0.15, 0.2) is 72.8 Å². The Balaban J connectivity index is 0.000000691. The molecule has 4 rings (SSSR count). The fourth-order valence-corrected chi connectivity index (χ4v) is 2.56. The zero-order chi connectivity index (χ0) is 22.4. The van der Waals surface area contributed by atoms with Crippen LogP contribution in [0, 0.1) is 0 Å². The fraction of sp³-hybridized carbons (Fsp3) is 0.269. The summed E-state index contributed by atoms with van der Waals surface area (Å²) < 4.78 is 11.1. The van der Waals surface area contributed by atoms with Gasteiger partial charge in [0, 0.05) is 11.6 Å². The molecule has 1 aromatic heterocycles. The molecule has 4 nitrogen and oxygen atoms in total. The first-order valence-corrected chi connectivity index (χ1v) is 10.7. The van der Waals surface area contributed by atoms with E-state index >= 15 is 0 Å². The van der Waals surface area contributed by atoms with Crippen molar-refractivity contribution < 1.29 is 9.47 Å². The summed E-state index contributed by atoms with van der Waals surface area (Å²) in [7, 11) is 1.65. The van der Waals surface area contributed by atoms with Gasteiger partial charge in [0.15, 0.2) is 0 Å². The molecule has 0 bridgehead atoms. The maximum Gasteiger partial charge on any atom is 0.138 e. The van der Waals surface area contributed by atoms with Gasteiger partial charge in [-0.25, -0.2) is 4.98 Å². The largest absolute Gasteiger partial charge is 0.497 e. The zero-order valence-corrected chi connectivity index (χ0v) is 19.2. The SMILES string of the molecule is CC.CC.CC.COc1ccc(Oc2ccc3nc(-c4ccccc4)[nH]c3c2)cc1. The van der Waals surface area contributed by atoms with Gasteiger partial charge in [0.25, 0.3) is 0 Å². The van der Waals surface area contributed by atoms with Crippen LogP contribution in [0.3, 0.4) is 0 Å². The van der Waals surface area contributed by atoms with Gasteiger partial charge in [-0.3, -0.25) is 0 Å². The smallest absolute Gasteiger partial charge is 0.138 e. The van der Waals surface area contributed by atoms with E-state index in [2.05, 4.69) is 9.97 Å². The van der Waals surface area contributed by atoms with E-state index in [1.807, 2.05) is 114 Å². The number of hydrogen-bond acceptors (Lipinski definition) is 3. The first-order chi connectivity index (χ1) is 14.8. The summed E-state index contributed by atoms with van der Waals surface area (Å²) >= 11 is 0. The van der Waals surface area contributed by atoms with E-state index in [9.17, 15) is 0 Å². The highest BCUT2D eigenvalue weighted by Gasteiger charge is 2.06. The molecular formula is C26H34N2O2. The van der Waals surface area contributed by atoms with Gasteiger partial charge in [-0.15, -0.1) is 0 Å². The normalized spacial score (nSPS) is 9.17. The molecule has 0 unspecified atom stereocenters. The molecule has 3 aromatic carbocycles. The van der Waals surface area contributed by atoms with Crippen molar-refractivity contribution in [3.63, 3.8) is 0 Å². The van der Waals surface area contributed by atoms with Gasteiger partial charge in [0.2, 0.25) is 0 Å². The Morgan fingerprint density at radius 1 is 0.667 bits per heavy atom. The molecule has 0 amide bonds. The third-order valence-electron chi connectivity index (χ3n) is 3.80. The summed E-state index contributed by atoms with van der Waals surface area (Å²) in [6.45, 7) is 12.0. The molecule has 160 valence electrons. The van der Waals surface area contributed by atoms with Crippen molar-refractivity contribution in [2.24, 2.45) is 0 Å². The van der Waals surface area contributed by atoms with Crippen LogP contribution < -0.4 is 9.47 Å². The molecule has 4 heteroatoms. The number of ether oxygens (including phenoxy) is 2. The van der Waals surface area contributed by atoms with Crippen LogP contribution in [0.5, 0.6) is 17.2 Å². The second kappa shape index (κ2) is 13.8. The zero-order valence-electron chi connectivity index (χ0n) is 19.2. The van der Waals surface area contributed by atoms with Gasteiger partial charge < -0.3 is 14.5 Å². The number of benzene rings is 3. The third kappa shape index (κ3) is 6.66. The number of imidazole rings is 1. The minimum absolute atomic E-state index is 0.760. The fourth-order valence-electron chi connectivity index (χ4n) is 2.56. The number of aromatic amines is 1. The van der Waals surface area contributed by atoms with E-state index in [1.165, 1.54) is 0 Å². The number of hydrogen-bond donors (Lipinski definition) is 1. The van der Waals surface area contributed by atoms with Crippen molar-refractivity contribution in [1.29, 1.82) is 0 Å². The molecule has 0 spiro atoms. The highest BCUT2D eigenvalue weighted by Crippen LogP contribution is 2.27. The van der Waals surface area contributed by atoms with Crippen molar-refractivity contribution in [3.05, 3.63) is 72.8 Å². The quantitative estimate of drug-likeness (QED) is 0.372. The van der Waals surface area contributed by atoms with Crippen molar-refractivity contribution >= 4 is 11.0 Å². The van der Waals surface area contributed by atoms with Crippen LogP contribution in [0.1, 0.15) is 41.5 Å². The maximum absolute atomic E-state index is 5.90. The lowest BCUT2D eigenvalue weighted by Gasteiger charge is -2.06. The van der Waals surface area contributed by atoms with Gasteiger partial charge >= 0.3 is 0 Å². The van der Waals surface area contributed by atoms with Crippen LogP contribution >= 0.6 is 0 Å². The van der Waals surface area contributed by atoms with Crippen molar-refractivity contribution in [3.8, 4) is 28.6 Å². The van der Waals surface area contributed by atoms with Crippen LogP contribution in [-0.4, -0.2) is 17.1 Å². The van der Waals surface area contributed by atoms with Crippen LogP contribution in [-0.2, 0) is 0 Å². The molecular weight excluding hydrogens is 372 g/mol. The minimum atomic E-state index is 0.760. The summed E-state index contributed by atoms with van der Waals surface area (Å²) in [4.78, 5) is 7.97. The average Bonchev–Trinajstić information content (AvgIpc) is 3.28. The first-order valence-electron chi connectivity index (χ1n) is 10.7. The Hall–Kier alpha value is -3.27. The molecule has 0 saturated heterocycles. The molecule has 4 aromatic rings. The molecule has 1 heterocycles. The number of nitrogens with one attached hydrogen (secondary N) is 1. The van der Waals surface area contributed by atoms with Crippen LogP contribution in [0.2, 0.25) is 0 Å². The number of rotatable bonds is 4. The summed E-state index contributed by atoms with van der Waals surface area (Å²) in [6, 6.07) is 23.4. The molecule has 30 heavy (non-hydrogen) atoms. The lowest BCUT2D eigenvalue weighted by molar-refractivity contribution is 0.413. The molecule has 1 N–H and O–H groups in total. The van der Waals surface area contributed by atoms with Crippen molar-refractivity contribution in [2.75, 3.05) is 7.11 Å². The molecule has 0 aliphatic rings. The Morgan fingerprint density at radius 2 is 1.23 bits per heavy atom. The van der Waals surface area contributed by atoms with Gasteiger partial charge in [0.1, 0.15) is 23.1 Å². The summed E-state index contributed by atoms with van der Waals surface area (Å²) in [5.74, 6) is 3.18. The van der Waals surface area contributed by atoms with E-state index in [0.717, 1.165) is 39.7 Å². The highest BCUT2D eigenvalue weighted by molar-refractivity contribution is 5.80. The highest BCUT2D eigenvalue weighted by atomic mass is 16.5. The average molecular weight is 407 g/mol. The Labute approximate surface area is 180 Å². The first kappa shape index (κ1) is 24.8. The van der Waals surface area contributed by atoms with Crippen molar-refractivity contribution in [1.82, 2.24) is 9.97 Å². The number of nitrogens with zero attached hydrogens (tertiary/aromatic N) is 1. The lowest BCUT2D eigenvalue weighted by Crippen LogP contribution is -1.85. The second-order valence-electron chi connectivity index (χ2n) is 5.41. The van der Waals surface area contributed by atoms with Gasteiger partial charge in [-0.1, -0.05) is 71.9 Å². The Bertz CT molecular complexity index is 961. The summed E-state index contributed by atoms with van der Waals surface area (Å²) in [5.41, 5.74) is 2.92. The molecule has 0 aliphatic heterocycles.